The van der Waals surface area contributed by atoms with Gasteiger partial charge in [-0.25, -0.2) is 10.2 Å². The van der Waals surface area contributed by atoms with Crippen LogP contribution in [0.5, 0.6) is 5.75 Å². The van der Waals surface area contributed by atoms with Gasteiger partial charge in [0.05, 0.1) is 18.3 Å². The zero-order chi connectivity index (χ0) is 28.3. The average molecular weight is 601 g/mol. The predicted octanol–water partition coefficient (Wildman–Crippen LogP) is 7.24. The number of amides is 2. The molecule has 8 heteroatoms. The molecule has 2 amide bonds. The van der Waals surface area contributed by atoms with Gasteiger partial charge in [-0.3, -0.25) is 9.59 Å². The number of hydrazone groups is 1. The van der Waals surface area contributed by atoms with Crippen molar-refractivity contribution in [1.29, 1.82) is 0 Å². The number of carbonyl (C=O) groups excluding carboxylic acids is 3. The number of unbranched alkanes of at least 4 members (excludes halogenated alkanes) is 10. The average Bonchev–Trinajstić information content (AvgIpc) is 2.92. The Morgan fingerprint density at radius 3 is 2.21 bits per heavy atom. The van der Waals surface area contributed by atoms with Gasteiger partial charge >= 0.3 is 5.97 Å². The molecule has 0 bridgehead atoms. The number of carbonyl (C=O) groups is 3. The zero-order valence-corrected chi connectivity index (χ0v) is 24.9. The number of halogens is 1. The topological polar surface area (TPSA) is 96.9 Å². The van der Waals surface area contributed by atoms with Crippen molar-refractivity contribution < 1.29 is 19.1 Å². The molecule has 0 fully saturated rings. The highest BCUT2D eigenvalue weighted by molar-refractivity contribution is 9.10. The SMILES string of the molecule is CCCCCCCCCCCCCC(=O)NCC(=O)N/N=C\c1cc(Br)ccc1OC(=O)c1cccc(C)c1. The molecule has 0 saturated carbocycles. The lowest BCUT2D eigenvalue weighted by Crippen LogP contribution is -2.34. The van der Waals surface area contributed by atoms with E-state index in [0.717, 1.165) is 29.3 Å². The van der Waals surface area contributed by atoms with Gasteiger partial charge in [0.1, 0.15) is 5.75 Å². The highest BCUT2D eigenvalue weighted by atomic mass is 79.9. The van der Waals surface area contributed by atoms with E-state index in [1.165, 1.54) is 57.6 Å². The van der Waals surface area contributed by atoms with E-state index in [1.807, 2.05) is 13.0 Å². The van der Waals surface area contributed by atoms with Gasteiger partial charge in [-0.2, -0.15) is 5.10 Å². The molecule has 0 aliphatic heterocycles. The first-order chi connectivity index (χ1) is 18.9. The van der Waals surface area contributed by atoms with Gasteiger partial charge in [0.2, 0.25) is 5.91 Å². The molecular weight excluding hydrogens is 558 g/mol. The molecule has 2 aromatic rings. The Kier molecular flexibility index (Phi) is 15.8. The number of benzene rings is 2. The Bertz CT molecular complexity index is 1090. The summed E-state index contributed by atoms with van der Waals surface area (Å²) in [6.07, 6.45) is 15.3. The van der Waals surface area contributed by atoms with Crippen LogP contribution < -0.4 is 15.5 Å². The second kappa shape index (κ2) is 19.1. The Hall–Kier alpha value is -3.00. The fraction of sp³-hybridized carbons (Fsp3) is 0.484. The van der Waals surface area contributed by atoms with Crippen LogP contribution in [0.4, 0.5) is 0 Å². The Morgan fingerprint density at radius 1 is 0.872 bits per heavy atom. The Labute approximate surface area is 241 Å². The second-order valence-electron chi connectivity index (χ2n) is 9.80. The first kappa shape index (κ1) is 32.2. The van der Waals surface area contributed by atoms with Crippen molar-refractivity contribution in [2.75, 3.05) is 6.54 Å². The molecule has 39 heavy (non-hydrogen) atoms. The van der Waals surface area contributed by atoms with Crippen molar-refractivity contribution in [3.8, 4) is 5.75 Å². The van der Waals surface area contributed by atoms with E-state index in [-0.39, 0.29) is 12.5 Å². The van der Waals surface area contributed by atoms with Gasteiger partial charge in [0.15, 0.2) is 0 Å². The smallest absolute Gasteiger partial charge is 0.343 e. The number of nitrogens with zero attached hydrogens (tertiary/aromatic N) is 1. The largest absolute Gasteiger partial charge is 0.422 e. The Morgan fingerprint density at radius 2 is 1.54 bits per heavy atom. The van der Waals surface area contributed by atoms with Crippen molar-refractivity contribution in [1.82, 2.24) is 10.7 Å². The maximum atomic E-state index is 12.5. The number of hydrogen-bond donors (Lipinski definition) is 2. The molecule has 2 N–H and O–H groups in total. The van der Waals surface area contributed by atoms with E-state index in [2.05, 4.69) is 38.7 Å². The number of hydrogen-bond acceptors (Lipinski definition) is 5. The van der Waals surface area contributed by atoms with Crippen LogP contribution >= 0.6 is 15.9 Å². The molecule has 0 heterocycles. The first-order valence-electron chi connectivity index (χ1n) is 14.1. The van der Waals surface area contributed by atoms with Gasteiger partial charge in [-0.1, -0.05) is 105 Å². The van der Waals surface area contributed by atoms with E-state index >= 15 is 0 Å². The Balaban J connectivity index is 1.65. The standard InChI is InChI=1S/C31H42BrN3O4/c1-3-4-5-6-7-8-9-10-11-12-13-17-29(36)33-23-30(37)35-34-22-26-21-27(32)18-19-28(26)39-31(38)25-16-14-15-24(2)20-25/h14-16,18-22H,3-13,17,23H2,1-2H3,(H,33,36)(H,35,37)/b34-22-. The minimum absolute atomic E-state index is 0.137. The molecule has 7 nitrogen and oxygen atoms in total. The molecule has 0 unspecified atom stereocenters. The molecule has 0 radical (unpaired) electrons. The highest BCUT2D eigenvalue weighted by Crippen LogP contribution is 2.23. The van der Waals surface area contributed by atoms with Crippen molar-refractivity contribution >= 4 is 39.9 Å². The lowest BCUT2D eigenvalue weighted by Gasteiger charge is -2.08. The van der Waals surface area contributed by atoms with Crippen LogP contribution in [0.2, 0.25) is 0 Å². The van der Waals surface area contributed by atoms with Gasteiger partial charge in [-0.05, 0) is 43.7 Å². The number of rotatable bonds is 18. The van der Waals surface area contributed by atoms with Crippen LogP contribution in [-0.4, -0.2) is 30.5 Å². The van der Waals surface area contributed by atoms with Crippen molar-refractivity contribution in [3.63, 3.8) is 0 Å². The number of aryl methyl sites for hydroxylation is 1. The van der Waals surface area contributed by atoms with E-state index in [9.17, 15) is 14.4 Å². The van der Waals surface area contributed by atoms with Crippen LogP contribution in [0, 0.1) is 6.92 Å². The van der Waals surface area contributed by atoms with Crippen molar-refractivity contribution in [2.24, 2.45) is 5.10 Å². The molecule has 2 rings (SSSR count). The van der Waals surface area contributed by atoms with Crippen molar-refractivity contribution in [3.05, 3.63) is 63.6 Å². The normalized spacial score (nSPS) is 10.9. The van der Waals surface area contributed by atoms with E-state index in [0.29, 0.717) is 23.3 Å². The quantitative estimate of drug-likeness (QED) is 0.0620. The van der Waals surface area contributed by atoms with Crippen LogP contribution in [0.1, 0.15) is 105 Å². The lowest BCUT2D eigenvalue weighted by molar-refractivity contribution is -0.126. The summed E-state index contributed by atoms with van der Waals surface area (Å²) in [5.41, 5.74) is 4.30. The number of nitrogens with one attached hydrogen (secondary N) is 2. The van der Waals surface area contributed by atoms with Crippen molar-refractivity contribution in [2.45, 2.75) is 90.9 Å². The summed E-state index contributed by atoms with van der Waals surface area (Å²) in [7, 11) is 0. The first-order valence-corrected chi connectivity index (χ1v) is 14.9. The molecule has 0 aliphatic rings. The van der Waals surface area contributed by atoms with Gasteiger partial charge in [0.25, 0.3) is 5.91 Å². The van der Waals surface area contributed by atoms with Gasteiger partial charge < -0.3 is 10.1 Å². The molecule has 0 aromatic heterocycles. The monoisotopic (exact) mass is 599 g/mol. The zero-order valence-electron chi connectivity index (χ0n) is 23.3. The predicted molar refractivity (Wildman–Crippen MR) is 160 cm³/mol. The summed E-state index contributed by atoms with van der Waals surface area (Å²) < 4.78 is 6.31. The third-order valence-corrected chi connectivity index (χ3v) is 6.77. The third kappa shape index (κ3) is 14.1. The molecule has 2 aromatic carbocycles. The number of ether oxygens (including phenoxy) is 1. The van der Waals surface area contributed by atoms with E-state index in [4.69, 9.17) is 4.74 Å². The highest BCUT2D eigenvalue weighted by Gasteiger charge is 2.12. The second-order valence-corrected chi connectivity index (χ2v) is 10.7. The minimum Gasteiger partial charge on any atom is -0.422 e. The van der Waals surface area contributed by atoms with Crippen LogP contribution in [0.3, 0.4) is 0 Å². The maximum Gasteiger partial charge on any atom is 0.343 e. The minimum atomic E-state index is -0.486. The lowest BCUT2D eigenvalue weighted by atomic mass is 10.1. The summed E-state index contributed by atoms with van der Waals surface area (Å²) in [5, 5.41) is 6.59. The van der Waals surface area contributed by atoms with Crippen LogP contribution in [0.15, 0.2) is 52.0 Å². The summed E-state index contributed by atoms with van der Waals surface area (Å²) in [5.74, 6) is -0.752. The summed E-state index contributed by atoms with van der Waals surface area (Å²) >= 11 is 3.39. The third-order valence-electron chi connectivity index (χ3n) is 6.27. The van der Waals surface area contributed by atoms with Gasteiger partial charge in [0, 0.05) is 16.5 Å². The summed E-state index contributed by atoms with van der Waals surface area (Å²) in [4.78, 5) is 36.7. The molecular formula is C31H42BrN3O4. The fourth-order valence-corrected chi connectivity index (χ4v) is 4.45. The molecule has 0 aliphatic carbocycles. The van der Waals surface area contributed by atoms with Gasteiger partial charge in [-0.15, -0.1) is 0 Å². The molecule has 212 valence electrons. The van der Waals surface area contributed by atoms with Crippen LogP contribution in [0.25, 0.3) is 0 Å². The summed E-state index contributed by atoms with van der Waals surface area (Å²) in [6.45, 7) is 3.99. The molecule has 0 saturated heterocycles. The molecule has 0 atom stereocenters. The number of esters is 1. The van der Waals surface area contributed by atoms with E-state index < -0.39 is 11.9 Å². The summed E-state index contributed by atoms with van der Waals surface area (Å²) in [6, 6.07) is 12.3. The fourth-order valence-electron chi connectivity index (χ4n) is 4.07. The maximum absolute atomic E-state index is 12.5. The van der Waals surface area contributed by atoms with Crippen LogP contribution in [-0.2, 0) is 9.59 Å². The van der Waals surface area contributed by atoms with E-state index in [1.54, 1.807) is 36.4 Å². The molecule has 0 spiro atoms.